The molecule has 1 aliphatic rings. The van der Waals surface area contributed by atoms with Crippen molar-refractivity contribution in [1.29, 1.82) is 0 Å². The summed E-state index contributed by atoms with van der Waals surface area (Å²) in [6.45, 7) is 8.80. The number of amides is 1. The summed E-state index contributed by atoms with van der Waals surface area (Å²) in [5.41, 5.74) is 3.31. The zero-order valence-electron chi connectivity index (χ0n) is 16.6. The van der Waals surface area contributed by atoms with E-state index in [2.05, 4.69) is 17.0 Å². The van der Waals surface area contributed by atoms with Gasteiger partial charge in [0, 0.05) is 26.2 Å². The minimum Gasteiger partial charge on any atom is -0.495 e. The Kier molecular flexibility index (Phi) is 5.89. The van der Waals surface area contributed by atoms with E-state index in [-0.39, 0.29) is 5.91 Å². The summed E-state index contributed by atoms with van der Waals surface area (Å²) in [7, 11) is 1.69. The molecule has 0 unspecified atom stereocenters. The number of piperazine rings is 1. The predicted octanol–water partition coefficient (Wildman–Crippen LogP) is 3.43. The fraction of sp³-hybridized carbons (Fsp3) is 0.409. The fourth-order valence-electron chi connectivity index (χ4n) is 3.49. The van der Waals surface area contributed by atoms with Crippen LogP contribution in [0.4, 0.5) is 5.69 Å². The third-order valence-corrected chi connectivity index (χ3v) is 5.00. The van der Waals surface area contributed by atoms with E-state index in [4.69, 9.17) is 9.47 Å². The van der Waals surface area contributed by atoms with Gasteiger partial charge < -0.3 is 19.3 Å². The number of benzene rings is 2. The van der Waals surface area contributed by atoms with Crippen LogP contribution in [0.3, 0.4) is 0 Å². The van der Waals surface area contributed by atoms with Crippen LogP contribution < -0.4 is 14.4 Å². The minimum atomic E-state index is -0.496. The van der Waals surface area contributed by atoms with Gasteiger partial charge >= 0.3 is 0 Å². The van der Waals surface area contributed by atoms with E-state index in [0.717, 1.165) is 35.8 Å². The lowest BCUT2D eigenvalue weighted by molar-refractivity contribution is -0.138. The molecule has 0 aromatic heterocycles. The van der Waals surface area contributed by atoms with E-state index in [1.165, 1.54) is 5.56 Å². The van der Waals surface area contributed by atoms with Crippen LogP contribution in [0.1, 0.15) is 18.1 Å². The Bertz CT molecular complexity index is 798. The van der Waals surface area contributed by atoms with Crippen LogP contribution in [0, 0.1) is 13.8 Å². The molecule has 0 aliphatic carbocycles. The maximum absolute atomic E-state index is 12.8. The molecule has 5 heteroatoms. The zero-order chi connectivity index (χ0) is 19.4. The number of aryl methyl sites for hydroxylation is 2. The second kappa shape index (κ2) is 8.33. The smallest absolute Gasteiger partial charge is 0.263 e. The van der Waals surface area contributed by atoms with Crippen molar-refractivity contribution < 1.29 is 14.3 Å². The first-order valence-corrected chi connectivity index (χ1v) is 9.40. The molecule has 27 heavy (non-hydrogen) atoms. The molecule has 2 aromatic carbocycles. The first-order chi connectivity index (χ1) is 13.0. The Morgan fingerprint density at radius 1 is 1.00 bits per heavy atom. The Labute approximate surface area is 161 Å². The van der Waals surface area contributed by atoms with Crippen molar-refractivity contribution in [3.05, 3.63) is 53.6 Å². The number of hydrogen-bond acceptors (Lipinski definition) is 4. The molecular weight excluding hydrogens is 340 g/mol. The number of carbonyl (C=O) groups is 1. The lowest BCUT2D eigenvalue weighted by Gasteiger charge is -2.37. The lowest BCUT2D eigenvalue weighted by Crippen LogP contribution is -2.52. The number of carbonyl (C=O) groups excluding carboxylic acids is 1. The second-order valence-corrected chi connectivity index (χ2v) is 7.01. The van der Waals surface area contributed by atoms with Crippen molar-refractivity contribution in [3.8, 4) is 11.5 Å². The van der Waals surface area contributed by atoms with E-state index in [0.29, 0.717) is 13.1 Å². The van der Waals surface area contributed by atoms with Gasteiger partial charge in [-0.1, -0.05) is 29.8 Å². The van der Waals surface area contributed by atoms with Crippen molar-refractivity contribution >= 4 is 11.6 Å². The van der Waals surface area contributed by atoms with Crippen molar-refractivity contribution in [3.63, 3.8) is 0 Å². The van der Waals surface area contributed by atoms with Crippen LogP contribution in [0.15, 0.2) is 42.5 Å². The number of para-hydroxylation sites is 2. The molecule has 5 nitrogen and oxygen atoms in total. The molecule has 1 heterocycles. The molecule has 1 saturated heterocycles. The maximum Gasteiger partial charge on any atom is 0.263 e. The first kappa shape index (κ1) is 19.1. The normalized spacial score (nSPS) is 15.4. The highest BCUT2D eigenvalue weighted by atomic mass is 16.5. The number of methoxy groups -OCH3 is 1. The largest absolute Gasteiger partial charge is 0.495 e. The highest BCUT2D eigenvalue weighted by Crippen LogP contribution is 2.28. The number of rotatable bonds is 5. The SMILES string of the molecule is COc1ccccc1N1CCN(C(=O)[C@@H](C)Oc2ccc(C)cc2C)CC1. The van der Waals surface area contributed by atoms with Gasteiger partial charge in [-0.15, -0.1) is 0 Å². The summed E-state index contributed by atoms with van der Waals surface area (Å²) in [6, 6.07) is 14.0. The summed E-state index contributed by atoms with van der Waals surface area (Å²) in [5.74, 6) is 1.67. The summed E-state index contributed by atoms with van der Waals surface area (Å²) in [5, 5.41) is 0. The number of anilines is 1. The van der Waals surface area contributed by atoms with Crippen LogP contribution >= 0.6 is 0 Å². The van der Waals surface area contributed by atoms with Gasteiger partial charge in [-0.05, 0) is 44.5 Å². The third kappa shape index (κ3) is 4.35. The number of nitrogens with zero attached hydrogens (tertiary/aromatic N) is 2. The average molecular weight is 368 g/mol. The van der Waals surface area contributed by atoms with Gasteiger partial charge in [0.1, 0.15) is 11.5 Å². The minimum absolute atomic E-state index is 0.0367. The van der Waals surface area contributed by atoms with Gasteiger partial charge in [0.25, 0.3) is 5.91 Å². The van der Waals surface area contributed by atoms with Crippen LogP contribution in [-0.2, 0) is 4.79 Å². The lowest BCUT2D eigenvalue weighted by atomic mass is 10.1. The van der Waals surface area contributed by atoms with E-state index in [9.17, 15) is 4.79 Å². The average Bonchev–Trinajstić information content (AvgIpc) is 2.69. The molecule has 2 aromatic rings. The summed E-state index contributed by atoms with van der Waals surface area (Å²) >= 11 is 0. The molecule has 0 radical (unpaired) electrons. The van der Waals surface area contributed by atoms with E-state index in [1.54, 1.807) is 7.11 Å². The van der Waals surface area contributed by atoms with Gasteiger partial charge in [0.05, 0.1) is 12.8 Å². The highest BCUT2D eigenvalue weighted by Gasteiger charge is 2.27. The second-order valence-electron chi connectivity index (χ2n) is 7.01. The summed E-state index contributed by atoms with van der Waals surface area (Å²) in [6.07, 6.45) is -0.496. The van der Waals surface area contributed by atoms with Crippen LogP contribution in [-0.4, -0.2) is 50.2 Å². The molecule has 0 bridgehead atoms. The predicted molar refractivity (Wildman–Crippen MR) is 108 cm³/mol. The van der Waals surface area contributed by atoms with Crippen molar-refractivity contribution in [1.82, 2.24) is 4.90 Å². The van der Waals surface area contributed by atoms with Gasteiger partial charge in [-0.2, -0.15) is 0 Å². The van der Waals surface area contributed by atoms with Crippen LogP contribution in [0.5, 0.6) is 11.5 Å². The van der Waals surface area contributed by atoms with Crippen molar-refractivity contribution in [2.24, 2.45) is 0 Å². The molecular formula is C22H28N2O3. The first-order valence-electron chi connectivity index (χ1n) is 9.40. The zero-order valence-corrected chi connectivity index (χ0v) is 16.6. The Balaban J connectivity index is 1.59. The Morgan fingerprint density at radius 2 is 1.70 bits per heavy atom. The van der Waals surface area contributed by atoms with Crippen molar-refractivity contribution in [2.45, 2.75) is 26.9 Å². The van der Waals surface area contributed by atoms with Crippen LogP contribution in [0.2, 0.25) is 0 Å². The number of ether oxygens (including phenoxy) is 2. The monoisotopic (exact) mass is 368 g/mol. The maximum atomic E-state index is 12.8. The molecule has 1 aliphatic heterocycles. The molecule has 1 fully saturated rings. The Morgan fingerprint density at radius 3 is 2.37 bits per heavy atom. The van der Waals surface area contributed by atoms with Gasteiger partial charge in [-0.3, -0.25) is 4.79 Å². The summed E-state index contributed by atoms with van der Waals surface area (Å²) < 4.78 is 11.4. The standard InChI is InChI=1S/C22H28N2O3/c1-16-9-10-20(17(2)15-16)27-18(3)22(25)24-13-11-23(12-14-24)19-7-5-6-8-21(19)26-4/h5-10,15,18H,11-14H2,1-4H3/t18-/m1/s1. The molecule has 0 saturated carbocycles. The molecule has 144 valence electrons. The van der Waals surface area contributed by atoms with Gasteiger partial charge in [0.15, 0.2) is 6.10 Å². The van der Waals surface area contributed by atoms with E-state index in [1.807, 2.05) is 56.0 Å². The number of hydrogen-bond donors (Lipinski definition) is 0. The van der Waals surface area contributed by atoms with E-state index < -0.39 is 6.10 Å². The Hall–Kier alpha value is -2.69. The van der Waals surface area contributed by atoms with Crippen molar-refractivity contribution in [2.75, 3.05) is 38.2 Å². The topological polar surface area (TPSA) is 42.0 Å². The summed E-state index contributed by atoms with van der Waals surface area (Å²) in [4.78, 5) is 17.0. The highest BCUT2D eigenvalue weighted by molar-refractivity contribution is 5.81. The van der Waals surface area contributed by atoms with Gasteiger partial charge in [-0.25, -0.2) is 0 Å². The fourth-order valence-corrected chi connectivity index (χ4v) is 3.49. The molecule has 0 N–H and O–H groups in total. The quantitative estimate of drug-likeness (QED) is 0.811. The third-order valence-electron chi connectivity index (χ3n) is 5.00. The van der Waals surface area contributed by atoms with Crippen LogP contribution in [0.25, 0.3) is 0 Å². The molecule has 0 spiro atoms. The molecule has 1 amide bonds. The van der Waals surface area contributed by atoms with E-state index >= 15 is 0 Å². The molecule has 1 atom stereocenters. The molecule has 3 rings (SSSR count). The van der Waals surface area contributed by atoms with Gasteiger partial charge in [0.2, 0.25) is 0 Å².